The SMILES string of the molecule is CCn1cc(/C=C2\Oc3c(cc4c(c3C)OCN(CCN3CCOCC3)C4)C2=O)c2ccccc21. The average Bonchev–Trinajstić information content (AvgIpc) is 3.41. The van der Waals surface area contributed by atoms with Crippen LogP contribution >= 0.6 is 0 Å². The number of ketones is 1. The zero-order chi connectivity index (χ0) is 23.9. The Labute approximate surface area is 205 Å². The Kier molecular flexibility index (Phi) is 5.84. The normalized spacial score (nSPS) is 19.6. The van der Waals surface area contributed by atoms with Gasteiger partial charge in [-0.2, -0.15) is 0 Å². The fourth-order valence-electron chi connectivity index (χ4n) is 5.34. The van der Waals surface area contributed by atoms with E-state index in [1.165, 1.54) is 0 Å². The second kappa shape index (κ2) is 9.15. The van der Waals surface area contributed by atoms with Crippen molar-refractivity contribution >= 4 is 22.8 Å². The molecule has 1 fully saturated rings. The van der Waals surface area contributed by atoms with Crippen molar-refractivity contribution < 1.29 is 19.0 Å². The van der Waals surface area contributed by atoms with Crippen molar-refractivity contribution in [3.05, 3.63) is 64.5 Å². The minimum Gasteiger partial charge on any atom is -0.477 e. The van der Waals surface area contributed by atoms with Crippen LogP contribution in [0.15, 0.2) is 42.3 Å². The van der Waals surface area contributed by atoms with Gasteiger partial charge in [-0.1, -0.05) is 18.2 Å². The molecule has 0 N–H and O–H groups in total. The van der Waals surface area contributed by atoms with Gasteiger partial charge in [0.2, 0.25) is 5.78 Å². The van der Waals surface area contributed by atoms with Gasteiger partial charge < -0.3 is 18.8 Å². The number of aromatic nitrogens is 1. The Bertz CT molecular complexity index is 1320. The van der Waals surface area contributed by atoms with Crippen LogP contribution in [0.25, 0.3) is 17.0 Å². The van der Waals surface area contributed by atoms with E-state index in [4.69, 9.17) is 14.2 Å². The summed E-state index contributed by atoms with van der Waals surface area (Å²) in [5.41, 5.74) is 4.73. The first-order valence-electron chi connectivity index (χ1n) is 12.5. The molecule has 6 rings (SSSR count). The van der Waals surface area contributed by atoms with Gasteiger partial charge in [0.05, 0.1) is 18.8 Å². The van der Waals surface area contributed by atoms with Crippen LogP contribution in [0.3, 0.4) is 0 Å². The van der Waals surface area contributed by atoms with Gasteiger partial charge in [0.1, 0.15) is 18.2 Å². The van der Waals surface area contributed by atoms with Gasteiger partial charge in [0.25, 0.3) is 0 Å². The number of allylic oxidation sites excluding steroid dienone is 1. The molecule has 0 unspecified atom stereocenters. The first kappa shape index (κ1) is 22.3. The highest BCUT2D eigenvalue weighted by molar-refractivity contribution is 6.15. The molecule has 3 aliphatic heterocycles. The molecular weight excluding hydrogens is 442 g/mol. The van der Waals surface area contributed by atoms with E-state index >= 15 is 0 Å². The first-order valence-corrected chi connectivity index (χ1v) is 12.5. The molecule has 1 aromatic heterocycles. The summed E-state index contributed by atoms with van der Waals surface area (Å²) in [4.78, 5) is 18.1. The lowest BCUT2D eigenvalue weighted by Gasteiger charge is -2.33. The van der Waals surface area contributed by atoms with Crippen molar-refractivity contribution in [1.29, 1.82) is 0 Å². The molecule has 0 spiro atoms. The largest absolute Gasteiger partial charge is 0.477 e. The molecule has 0 amide bonds. The molecule has 3 aliphatic rings. The lowest BCUT2D eigenvalue weighted by molar-refractivity contribution is 0.0239. The monoisotopic (exact) mass is 473 g/mol. The number of nitrogens with zero attached hydrogens (tertiary/aromatic N) is 3. The summed E-state index contributed by atoms with van der Waals surface area (Å²) in [6, 6.07) is 10.2. The van der Waals surface area contributed by atoms with Crippen LogP contribution < -0.4 is 9.47 Å². The van der Waals surface area contributed by atoms with Gasteiger partial charge in [0.15, 0.2) is 5.76 Å². The third kappa shape index (κ3) is 4.03. The summed E-state index contributed by atoms with van der Waals surface area (Å²) in [5.74, 6) is 1.78. The van der Waals surface area contributed by atoms with E-state index < -0.39 is 0 Å². The van der Waals surface area contributed by atoms with E-state index in [1.807, 2.05) is 31.2 Å². The van der Waals surface area contributed by atoms with Gasteiger partial charge in [-0.05, 0) is 32.1 Å². The van der Waals surface area contributed by atoms with Crippen LogP contribution in [0.2, 0.25) is 0 Å². The third-order valence-electron chi connectivity index (χ3n) is 7.28. The molecule has 0 saturated carbocycles. The molecule has 0 atom stereocenters. The van der Waals surface area contributed by atoms with E-state index in [9.17, 15) is 4.79 Å². The zero-order valence-corrected chi connectivity index (χ0v) is 20.4. The van der Waals surface area contributed by atoms with Crippen molar-refractivity contribution in [3.8, 4) is 11.5 Å². The van der Waals surface area contributed by atoms with E-state index in [0.29, 0.717) is 23.8 Å². The molecule has 0 bridgehead atoms. The quantitative estimate of drug-likeness (QED) is 0.521. The zero-order valence-electron chi connectivity index (χ0n) is 20.4. The van der Waals surface area contributed by atoms with Crippen molar-refractivity contribution in [2.24, 2.45) is 0 Å². The average molecular weight is 474 g/mol. The smallest absolute Gasteiger partial charge is 0.231 e. The number of rotatable bonds is 5. The maximum atomic E-state index is 13.4. The molecule has 7 heteroatoms. The predicted molar refractivity (Wildman–Crippen MR) is 135 cm³/mol. The fourth-order valence-corrected chi connectivity index (χ4v) is 5.34. The Morgan fingerprint density at radius 2 is 1.86 bits per heavy atom. The van der Waals surface area contributed by atoms with Crippen LogP contribution in [0, 0.1) is 6.92 Å². The van der Waals surface area contributed by atoms with Crippen molar-refractivity contribution in [1.82, 2.24) is 14.4 Å². The number of para-hydroxylation sites is 1. The number of morpholine rings is 1. The first-order chi connectivity index (χ1) is 17.1. The number of Topliss-reactive ketones (excluding diaryl/α,β-unsaturated/α-hetero) is 1. The van der Waals surface area contributed by atoms with Crippen LogP contribution in [0.1, 0.15) is 34.0 Å². The maximum absolute atomic E-state index is 13.4. The summed E-state index contributed by atoms with van der Waals surface area (Å²) in [6.07, 6.45) is 3.97. The molecule has 0 aliphatic carbocycles. The van der Waals surface area contributed by atoms with E-state index in [-0.39, 0.29) is 5.78 Å². The number of fused-ring (bicyclic) bond motifs is 3. The second-order valence-corrected chi connectivity index (χ2v) is 9.47. The summed E-state index contributed by atoms with van der Waals surface area (Å²) in [7, 11) is 0. The molecule has 0 radical (unpaired) electrons. The number of hydrogen-bond acceptors (Lipinski definition) is 6. The highest BCUT2D eigenvalue weighted by Crippen LogP contribution is 2.43. The maximum Gasteiger partial charge on any atom is 0.231 e. The molecule has 182 valence electrons. The summed E-state index contributed by atoms with van der Waals surface area (Å²) in [6.45, 7) is 11.8. The number of benzene rings is 2. The van der Waals surface area contributed by atoms with Gasteiger partial charge in [-0.25, -0.2) is 0 Å². The van der Waals surface area contributed by atoms with Crippen molar-refractivity contribution in [2.45, 2.75) is 26.9 Å². The Morgan fingerprint density at radius 1 is 1.06 bits per heavy atom. The molecule has 2 aromatic carbocycles. The van der Waals surface area contributed by atoms with Crippen molar-refractivity contribution in [3.63, 3.8) is 0 Å². The Balaban J connectivity index is 1.25. The number of aryl methyl sites for hydroxylation is 1. The second-order valence-electron chi connectivity index (χ2n) is 9.47. The topological polar surface area (TPSA) is 56.2 Å². The van der Waals surface area contributed by atoms with Crippen LogP contribution in [0.4, 0.5) is 0 Å². The Morgan fingerprint density at radius 3 is 2.69 bits per heavy atom. The van der Waals surface area contributed by atoms with Gasteiger partial charge in [0, 0.05) is 73.1 Å². The minimum absolute atomic E-state index is 0.0651. The third-order valence-corrected chi connectivity index (χ3v) is 7.28. The highest BCUT2D eigenvalue weighted by Gasteiger charge is 2.34. The van der Waals surface area contributed by atoms with E-state index in [1.54, 1.807) is 0 Å². The van der Waals surface area contributed by atoms with Crippen LogP contribution in [0.5, 0.6) is 11.5 Å². The number of carbonyl (C=O) groups is 1. The van der Waals surface area contributed by atoms with Crippen LogP contribution in [-0.4, -0.2) is 66.3 Å². The molecule has 1 saturated heterocycles. The lowest BCUT2D eigenvalue weighted by Crippen LogP contribution is -2.43. The predicted octanol–water partition coefficient (Wildman–Crippen LogP) is 4.07. The highest BCUT2D eigenvalue weighted by atomic mass is 16.5. The fraction of sp³-hybridized carbons (Fsp3) is 0.393. The summed E-state index contributed by atoms with van der Waals surface area (Å²) in [5, 5.41) is 1.12. The molecule has 4 heterocycles. The summed E-state index contributed by atoms with van der Waals surface area (Å²) >= 11 is 0. The lowest BCUT2D eigenvalue weighted by atomic mass is 10.00. The summed E-state index contributed by atoms with van der Waals surface area (Å²) < 4.78 is 20.0. The van der Waals surface area contributed by atoms with Crippen LogP contribution in [-0.2, 0) is 17.8 Å². The van der Waals surface area contributed by atoms with Crippen molar-refractivity contribution in [2.75, 3.05) is 46.1 Å². The standard InChI is InChI=1S/C28H31N3O4/c1-3-31-17-20(22-6-4-5-7-24(22)31)15-25-26(32)23-14-21-16-30(9-8-29-10-12-33-13-11-29)18-34-27(21)19(2)28(23)35-25/h4-7,14-15,17H,3,8-13,16,18H2,1-2H3/b25-15-. The van der Waals surface area contributed by atoms with Gasteiger partial charge >= 0.3 is 0 Å². The Hall–Kier alpha value is -3.13. The molecule has 35 heavy (non-hydrogen) atoms. The van der Waals surface area contributed by atoms with E-state index in [0.717, 1.165) is 85.8 Å². The number of ether oxygens (including phenoxy) is 3. The number of hydrogen-bond donors (Lipinski definition) is 0. The molecule has 3 aromatic rings. The number of carbonyl (C=O) groups excluding carboxylic acids is 1. The minimum atomic E-state index is -0.0651. The molecule has 7 nitrogen and oxygen atoms in total. The van der Waals surface area contributed by atoms with Gasteiger partial charge in [-0.3, -0.25) is 14.6 Å². The molecular formula is C28H31N3O4. The van der Waals surface area contributed by atoms with E-state index in [2.05, 4.69) is 39.6 Å². The van der Waals surface area contributed by atoms with Gasteiger partial charge in [-0.15, -0.1) is 0 Å².